The van der Waals surface area contributed by atoms with Crippen molar-refractivity contribution < 1.29 is 0 Å². The third-order valence-electron chi connectivity index (χ3n) is 3.34. The number of nitrogens with one attached hydrogen (secondary N) is 1. The van der Waals surface area contributed by atoms with Crippen LogP contribution >= 0.6 is 11.3 Å². The molecule has 0 saturated carbocycles. The first-order valence-corrected chi connectivity index (χ1v) is 8.09. The van der Waals surface area contributed by atoms with Gasteiger partial charge in [-0.1, -0.05) is 45.9 Å². The Bertz CT molecular complexity index is 521. The summed E-state index contributed by atoms with van der Waals surface area (Å²) in [6.07, 6.45) is 2.36. The largest absolute Gasteiger partial charge is 0.310 e. The van der Waals surface area contributed by atoms with Crippen molar-refractivity contribution in [1.82, 2.24) is 5.32 Å². The van der Waals surface area contributed by atoms with Crippen LogP contribution in [0.1, 0.15) is 52.1 Å². The maximum Gasteiger partial charge on any atom is 0.0346 e. The summed E-state index contributed by atoms with van der Waals surface area (Å²) < 4.78 is 1.40. The van der Waals surface area contributed by atoms with Crippen LogP contribution in [0.4, 0.5) is 0 Å². The van der Waals surface area contributed by atoms with Gasteiger partial charge in [0.15, 0.2) is 0 Å². The number of thiophene rings is 1. The van der Waals surface area contributed by atoms with Gasteiger partial charge in [-0.3, -0.25) is 0 Å². The lowest BCUT2D eigenvalue weighted by Gasteiger charge is -2.27. The van der Waals surface area contributed by atoms with E-state index in [0.717, 1.165) is 6.54 Å². The van der Waals surface area contributed by atoms with Gasteiger partial charge in [0, 0.05) is 10.7 Å². The molecular weight excluding hydrogens is 250 g/mol. The van der Waals surface area contributed by atoms with Crippen LogP contribution in [0, 0.1) is 5.41 Å². The molecule has 1 heterocycles. The summed E-state index contributed by atoms with van der Waals surface area (Å²) in [4.78, 5) is 0. The number of benzene rings is 1. The molecular formula is C17H25NS. The molecule has 2 aromatic rings. The summed E-state index contributed by atoms with van der Waals surface area (Å²) in [5.41, 5.74) is 1.82. The van der Waals surface area contributed by atoms with E-state index in [1.165, 1.54) is 28.5 Å². The Labute approximate surface area is 121 Å². The predicted octanol–water partition coefficient (Wildman–Crippen LogP) is 5.38. The van der Waals surface area contributed by atoms with Crippen molar-refractivity contribution in [3.63, 3.8) is 0 Å². The Hall–Kier alpha value is -0.860. The Balaban J connectivity index is 2.31. The Morgan fingerprint density at radius 2 is 1.95 bits per heavy atom. The Morgan fingerprint density at radius 1 is 1.21 bits per heavy atom. The van der Waals surface area contributed by atoms with E-state index in [9.17, 15) is 0 Å². The number of fused-ring (bicyclic) bond motifs is 1. The van der Waals surface area contributed by atoms with E-state index in [1.807, 2.05) is 11.3 Å². The molecule has 0 saturated heterocycles. The van der Waals surface area contributed by atoms with Gasteiger partial charge >= 0.3 is 0 Å². The molecule has 0 bridgehead atoms. The predicted molar refractivity (Wildman–Crippen MR) is 86.9 cm³/mol. The van der Waals surface area contributed by atoms with Crippen molar-refractivity contribution in [2.45, 2.75) is 46.6 Å². The van der Waals surface area contributed by atoms with Crippen molar-refractivity contribution in [1.29, 1.82) is 0 Å². The number of rotatable bonds is 5. The fourth-order valence-electron chi connectivity index (χ4n) is 2.49. The average Bonchev–Trinajstić information content (AvgIpc) is 2.77. The van der Waals surface area contributed by atoms with E-state index in [0.29, 0.717) is 11.5 Å². The van der Waals surface area contributed by atoms with E-state index in [2.05, 4.69) is 62.7 Å². The van der Waals surface area contributed by atoms with Crippen LogP contribution in [-0.4, -0.2) is 6.54 Å². The van der Waals surface area contributed by atoms with Gasteiger partial charge in [-0.05, 0) is 47.2 Å². The zero-order valence-corrected chi connectivity index (χ0v) is 13.3. The maximum absolute atomic E-state index is 3.73. The fourth-order valence-corrected chi connectivity index (χ4v) is 3.51. The highest BCUT2D eigenvalue weighted by atomic mass is 32.1. The molecule has 2 rings (SSSR count). The summed E-state index contributed by atoms with van der Waals surface area (Å²) in [6, 6.07) is 9.21. The van der Waals surface area contributed by atoms with Crippen molar-refractivity contribution in [3.8, 4) is 0 Å². The third kappa shape index (κ3) is 3.80. The second-order valence-electron chi connectivity index (χ2n) is 6.46. The molecule has 1 nitrogen and oxygen atoms in total. The van der Waals surface area contributed by atoms with Gasteiger partial charge in [-0.2, -0.15) is 0 Å². The summed E-state index contributed by atoms with van der Waals surface area (Å²) in [6.45, 7) is 10.3. The smallest absolute Gasteiger partial charge is 0.0346 e. The van der Waals surface area contributed by atoms with Gasteiger partial charge in [0.25, 0.3) is 0 Å². The van der Waals surface area contributed by atoms with Gasteiger partial charge in [0.2, 0.25) is 0 Å². The minimum atomic E-state index is 0.342. The van der Waals surface area contributed by atoms with Crippen LogP contribution in [0.2, 0.25) is 0 Å². The molecule has 1 aromatic carbocycles. The fraction of sp³-hybridized carbons (Fsp3) is 0.529. The average molecular weight is 275 g/mol. The SMILES string of the molecule is CCCNC(CC(C)(C)C)c1csc2ccccc12. The molecule has 1 atom stereocenters. The van der Waals surface area contributed by atoms with Crippen LogP contribution in [-0.2, 0) is 0 Å². The zero-order chi connectivity index (χ0) is 13.9. The second-order valence-corrected chi connectivity index (χ2v) is 7.37. The first-order valence-electron chi connectivity index (χ1n) is 7.21. The Kier molecular flexibility index (Phi) is 4.64. The Morgan fingerprint density at radius 3 is 2.63 bits per heavy atom. The molecule has 0 radical (unpaired) electrons. The van der Waals surface area contributed by atoms with Crippen molar-refractivity contribution in [2.75, 3.05) is 6.54 Å². The highest BCUT2D eigenvalue weighted by Crippen LogP contribution is 2.36. The first kappa shape index (κ1) is 14.5. The van der Waals surface area contributed by atoms with Crippen LogP contribution in [0.25, 0.3) is 10.1 Å². The quantitative estimate of drug-likeness (QED) is 0.772. The lowest BCUT2D eigenvalue weighted by atomic mass is 9.85. The van der Waals surface area contributed by atoms with E-state index in [-0.39, 0.29) is 0 Å². The molecule has 1 N–H and O–H groups in total. The highest BCUT2D eigenvalue weighted by Gasteiger charge is 2.21. The third-order valence-corrected chi connectivity index (χ3v) is 4.33. The molecule has 0 spiro atoms. The molecule has 0 aliphatic carbocycles. The van der Waals surface area contributed by atoms with Gasteiger partial charge in [0.05, 0.1) is 0 Å². The minimum Gasteiger partial charge on any atom is -0.310 e. The van der Waals surface area contributed by atoms with Crippen LogP contribution in [0.3, 0.4) is 0 Å². The van der Waals surface area contributed by atoms with Gasteiger partial charge in [0.1, 0.15) is 0 Å². The highest BCUT2D eigenvalue weighted by molar-refractivity contribution is 7.17. The van der Waals surface area contributed by atoms with Gasteiger partial charge in [-0.15, -0.1) is 11.3 Å². The topological polar surface area (TPSA) is 12.0 Å². The summed E-state index contributed by atoms with van der Waals surface area (Å²) in [5, 5.41) is 7.49. The van der Waals surface area contributed by atoms with E-state index >= 15 is 0 Å². The van der Waals surface area contributed by atoms with Crippen molar-refractivity contribution in [3.05, 3.63) is 35.2 Å². The monoisotopic (exact) mass is 275 g/mol. The summed E-state index contributed by atoms with van der Waals surface area (Å²) >= 11 is 1.86. The molecule has 0 fully saturated rings. The van der Waals surface area contributed by atoms with Crippen molar-refractivity contribution in [2.24, 2.45) is 5.41 Å². The zero-order valence-electron chi connectivity index (χ0n) is 12.5. The van der Waals surface area contributed by atoms with E-state index in [4.69, 9.17) is 0 Å². The normalized spacial score (nSPS) is 13.9. The molecule has 1 aromatic heterocycles. The molecule has 1 unspecified atom stereocenters. The molecule has 0 amide bonds. The van der Waals surface area contributed by atoms with Gasteiger partial charge < -0.3 is 5.32 Å². The first-order chi connectivity index (χ1) is 9.01. The number of hydrogen-bond donors (Lipinski definition) is 1. The van der Waals surface area contributed by atoms with Gasteiger partial charge in [-0.25, -0.2) is 0 Å². The number of hydrogen-bond acceptors (Lipinski definition) is 2. The lowest BCUT2D eigenvalue weighted by Crippen LogP contribution is -2.26. The molecule has 19 heavy (non-hydrogen) atoms. The molecule has 0 aliphatic rings. The molecule has 2 heteroatoms. The second kappa shape index (κ2) is 6.06. The standard InChI is InChI=1S/C17H25NS/c1-5-10-18-15(11-17(2,3)4)14-12-19-16-9-7-6-8-13(14)16/h6-9,12,15,18H,5,10-11H2,1-4H3. The molecule has 0 aliphatic heterocycles. The van der Waals surface area contributed by atoms with Crippen LogP contribution < -0.4 is 5.32 Å². The maximum atomic E-state index is 3.73. The van der Waals surface area contributed by atoms with Crippen LogP contribution in [0.5, 0.6) is 0 Å². The lowest BCUT2D eigenvalue weighted by molar-refractivity contribution is 0.313. The van der Waals surface area contributed by atoms with E-state index in [1.54, 1.807) is 0 Å². The van der Waals surface area contributed by atoms with Crippen LogP contribution in [0.15, 0.2) is 29.6 Å². The van der Waals surface area contributed by atoms with E-state index < -0.39 is 0 Å². The van der Waals surface area contributed by atoms with Crippen molar-refractivity contribution >= 4 is 21.4 Å². The summed E-state index contributed by atoms with van der Waals surface area (Å²) in [7, 11) is 0. The molecule has 104 valence electrons. The summed E-state index contributed by atoms with van der Waals surface area (Å²) in [5.74, 6) is 0. The minimum absolute atomic E-state index is 0.342.